The third-order valence-corrected chi connectivity index (χ3v) is 8.06. The number of sulfonamides is 1. The molecule has 0 unspecified atom stereocenters. The molecule has 1 aromatic carbocycles. The number of thioether (sulfide) groups is 1. The summed E-state index contributed by atoms with van der Waals surface area (Å²) < 4.78 is 63.9. The average molecular weight is 422 g/mol. The van der Waals surface area contributed by atoms with Crippen molar-refractivity contribution in [3.8, 4) is 0 Å². The molecule has 2 fully saturated rings. The van der Waals surface area contributed by atoms with Crippen molar-refractivity contribution in [1.82, 2.24) is 9.21 Å². The fourth-order valence-corrected chi connectivity index (χ4v) is 5.96. The van der Waals surface area contributed by atoms with Crippen molar-refractivity contribution in [2.45, 2.75) is 46.9 Å². The second-order valence-electron chi connectivity index (χ2n) is 6.69. The summed E-state index contributed by atoms with van der Waals surface area (Å²) in [5, 5.41) is 0.100. The molecule has 10 heteroatoms. The maximum absolute atomic E-state index is 12.5. The van der Waals surface area contributed by atoms with Gasteiger partial charge in [-0.15, -0.1) is 11.8 Å². The van der Waals surface area contributed by atoms with Crippen LogP contribution >= 0.6 is 11.8 Å². The number of alkyl halides is 3. The van der Waals surface area contributed by atoms with E-state index in [9.17, 15) is 26.4 Å². The van der Waals surface area contributed by atoms with E-state index in [1.54, 1.807) is 24.3 Å². The molecule has 0 radical (unpaired) electrons. The molecule has 0 N–H and O–H groups in total. The molecule has 27 heavy (non-hydrogen) atoms. The summed E-state index contributed by atoms with van der Waals surface area (Å²) in [7, 11) is -3.45. The first-order valence-corrected chi connectivity index (χ1v) is 11.1. The summed E-state index contributed by atoms with van der Waals surface area (Å²) in [6, 6.07) is 6.64. The maximum atomic E-state index is 12.5. The van der Waals surface area contributed by atoms with E-state index in [1.165, 1.54) is 16.1 Å². The lowest BCUT2D eigenvalue weighted by Gasteiger charge is -2.32. The lowest BCUT2D eigenvalue weighted by atomic mass is 10.1. The molecule has 150 valence electrons. The predicted molar refractivity (Wildman–Crippen MR) is 95.9 cm³/mol. The Hall–Kier alpha value is -1.26. The Kier molecular flexibility index (Phi) is 6.07. The fourth-order valence-electron chi connectivity index (χ4n) is 3.32. The number of rotatable bonds is 4. The normalized spacial score (nSPS) is 20.2. The maximum Gasteiger partial charge on any atom is 0.471 e. The molecule has 0 saturated carbocycles. The molecule has 2 heterocycles. The minimum absolute atomic E-state index is 0.0808. The molecule has 2 aliphatic heterocycles. The first-order valence-electron chi connectivity index (χ1n) is 8.81. The van der Waals surface area contributed by atoms with Crippen molar-refractivity contribution in [3.63, 3.8) is 0 Å². The lowest BCUT2D eigenvalue weighted by molar-refractivity contribution is -0.186. The van der Waals surface area contributed by atoms with Gasteiger partial charge in [0, 0.05) is 36.3 Å². The van der Waals surface area contributed by atoms with Crippen molar-refractivity contribution in [3.05, 3.63) is 24.3 Å². The number of benzene rings is 1. The number of hydrogen-bond acceptors (Lipinski definition) is 4. The monoisotopic (exact) mass is 422 g/mol. The summed E-state index contributed by atoms with van der Waals surface area (Å²) in [6.45, 7) is 1.26. The number of likely N-dealkylation sites (tertiary alicyclic amines) is 1. The highest BCUT2D eigenvalue weighted by molar-refractivity contribution is 8.00. The van der Waals surface area contributed by atoms with Gasteiger partial charge in [0.1, 0.15) is 0 Å². The van der Waals surface area contributed by atoms with Crippen LogP contribution in [-0.4, -0.2) is 61.1 Å². The third-order valence-electron chi connectivity index (χ3n) is 4.80. The fraction of sp³-hybridized carbons (Fsp3) is 0.588. The van der Waals surface area contributed by atoms with Crippen LogP contribution in [0.4, 0.5) is 13.2 Å². The molecule has 5 nitrogen and oxygen atoms in total. The molecule has 1 aromatic rings. The highest BCUT2D eigenvalue weighted by Crippen LogP contribution is 2.32. The first kappa shape index (κ1) is 20.5. The van der Waals surface area contributed by atoms with Gasteiger partial charge in [0.2, 0.25) is 10.0 Å². The summed E-state index contributed by atoms with van der Waals surface area (Å²) >= 11 is 1.51. The van der Waals surface area contributed by atoms with Crippen LogP contribution in [0.3, 0.4) is 0 Å². The average Bonchev–Trinajstić information content (AvgIpc) is 3.17. The van der Waals surface area contributed by atoms with Crippen molar-refractivity contribution >= 4 is 27.7 Å². The standard InChI is InChI=1S/C17H21F3N2O3S2/c18-17(19,20)16(23)21-11-7-14(8-12-21)26-13-3-5-15(6-4-13)27(24,25)22-9-1-2-10-22/h3-6,14H,1-2,7-12H2. The summed E-state index contributed by atoms with van der Waals surface area (Å²) in [5.41, 5.74) is 0. The molecule has 0 atom stereocenters. The Bertz CT molecular complexity index is 768. The Balaban J connectivity index is 1.56. The second-order valence-corrected chi connectivity index (χ2v) is 10.0. The van der Waals surface area contributed by atoms with Gasteiger partial charge in [0.25, 0.3) is 0 Å². The highest BCUT2D eigenvalue weighted by Gasteiger charge is 2.43. The number of hydrogen-bond donors (Lipinski definition) is 0. The van der Waals surface area contributed by atoms with Gasteiger partial charge in [0.15, 0.2) is 0 Å². The quantitative estimate of drug-likeness (QED) is 0.748. The zero-order chi connectivity index (χ0) is 19.7. The second kappa shape index (κ2) is 8.00. The minimum Gasteiger partial charge on any atom is -0.335 e. The van der Waals surface area contributed by atoms with Crippen molar-refractivity contribution in [2.24, 2.45) is 0 Å². The molecule has 1 amide bonds. The number of carbonyl (C=O) groups is 1. The van der Waals surface area contributed by atoms with E-state index in [2.05, 4.69) is 0 Å². The lowest BCUT2D eigenvalue weighted by Crippen LogP contribution is -2.45. The van der Waals surface area contributed by atoms with E-state index in [0.717, 1.165) is 22.6 Å². The molecule has 0 aliphatic carbocycles. The van der Waals surface area contributed by atoms with Gasteiger partial charge in [-0.05, 0) is 49.9 Å². The molecular weight excluding hydrogens is 401 g/mol. The molecule has 0 aromatic heterocycles. The van der Waals surface area contributed by atoms with Crippen LogP contribution in [-0.2, 0) is 14.8 Å². The zero-order valence-electron chi connectivity index (χ0n) is 14.6. The number of halogens is 3. The van der Waals surface area contributed by atoms with Crippen LogP contribution in [0.15, 0.2) is 34.1 Å². The molecule has 0 bridgehead atoms. The van der Waals surface area contributed by atoms with Gasteiger partial charge >= 0.3 is 12.1 Å². The Morgan fingerprint density at radius 2 is 1.56 bits per heavy atom. The van der Waals surface area contributed by atoms with E-state index < -0.39 is 22.1 Å². The van der Waals surface area contributed by atoms with E-state index in [4.69, 9.17) is 0 Å². The number of amides is 1. The number of piperidine rings is 1. The number of nitrogens with zero attached hydrogens (tertiary/aromatic N) is 2. The van der Waals surface area contributed by atoms with Crippen LogP contribution in [0.5, 0.6) is 0 Å². The van der Waals surface area contributed by atoms with Gasteiger partial charge in [-0.25, -0.2) is 8.42 Å². The Labute approximate surface area is 160 Å². The minimum atomic E-state index is -4.82. The Morgan fingerprint density at radius 1 is 1.00 bits per heavy atom. The molecular formula is C17H21F3N2O3S2. The molecule has 2 aliphatic rings. The first-order chi connectivity index (χ1) is 12.7. The molecule has 0 spiro atoms. The Morgan fingerprint density at radius 3 is 2.07 bits per heavy atom. The van der Waals surface area contributed by atoms with E-state index in [1.807, 2.05) is 0 Å². The van der Waals surface area contributed by atoms with Gasteiger partial charge in [-0.1, -0.05) is 0 Å². The van der Waals surface area contributed by atoms with Crippen molar-refractivity contribution in [1.29, 1.82) is 0 Å². The van der Waals surface area contributed by atoms with Crippen LogP contribution < -0.4 is 0 Å². The largest absolute Gasteiger partial charge is 0.471 e. The van der Waals surface area contributed by atoms with Crippen LogP contribution in [0.2, 0.25) is 0 Å². The van der Waals surface area contributed by atoms with Gasteiger partial charge < -0.3 is 4.90 Å². The molecule has 3 rings (SSSR count). The third kappa shape index (κ3) is 4.78. The zero-order valence-corrected chi connectivity index (χ0v) is 16.2. The van der Waals surface area contributed by atoms with Gasteiger partial charge in [0.05, 0.1) is 4.90 Å². The van der Waals surface area contributed by atoms with Gasteiger partial charge in [-0.2, -0.15) is 17.5 Å². The van der Waals surface area contributed by atoms with Crippen molar-refractivity contribution < 1.29 is 26.4 Å². The van der Waals surface area contributed by atoms with Crippen LogP contribution in [0.1, 0.15) is 25.7 Å². The summed E-state index contributed by atoms with van der Waals surface area (Å²) in [4.78, 5) is 13.2. The van der Waals surface area contributed by atoms with E-state index in [-0.39, 0.29) is 23.2 Å². The van der Waals surface area contributed by atoms with E-state index in [0.29, 0.717) is 25.9 Å². The smallest absolute Gasteiger partial charge is 0.335 e. The molecule has 2 saturated heterocycles. The van der Waals surface area contributed by atoms with Gasteiger partial charge in [-0.3, -0.25) is 4.79 Å². The van der Waals surface area contributed by atoms with E-state index >= 15 is 0 Å². The number of carbonyl (C=O) groups excluding carboxylic acids is 1. The van der Waals surface area contributed by atoms with Crippen LogP contribution in [0.25, 0.3) is 0 Å². The summed E-state index contributed by atoms with van der Waals surface area (Å²) in [6.07, 6.45) is -2.12. The summed E-state index contributed by atoms with van der Waals surface area (Å²) in [5.74, 6) is -1.78. The predicted octanol–water partition coefficient (Wildman–Crippen LogP) is 3.12. The van der Waals surface area contributed by atoms with Crippen LogP contribution in [0, 0.1) is 0 Å². The highest BCUT2D eigenvalue weighted by atomic mass is 32.2. The SMILES string of the molecule is O=C(N1CCC(Sc2ccc(S(=O)(=O)N3CCCC3)cc2)CC1)C(F)(F)F. The van der Waals surface area contributed by atoms with Crippen molar-refractivity contribution in [2.75, 3.05) is 26.2 Å². The topological polar surface area (TPSA) is 57.7 Å².